The number of nitrogens with two attached hydrogens (primary N) is 1. The van der Waals surface area contributed by atoms with Crippen LogP contribution in [-0.2, 0) is 6.54 Å². The molecule has 0 aliphatic heterocycles. The van der Waals surface area contributed by atoms with Crippen molar-refractivity contribution in [1.29, 1.82) is 0 Å². The lowest BCUT2D eigenvalue weighted by Gasteiger charge is -2.11. The van der Waals surface area contributed by atoms with E-state index in [0.717, 1.165) is 0 Å². The maximum Gasteiger partial charge on any atom is 0.258 e. The highest BCUT2D eigenvalue weighted by molar-refractivity contribution is 6.05. The first kappa shape index (κ1) is 14.9. The summed E-state index contributed by atoms with van der Waals surface area (Å²) in [5.74, 6) is -7.36. The van der Waals surface area contributed by atoms with Crippen molar-refractivity contribution in [1.82, 2.24) is 0 Å². The second kappa shape index (κ2) is 5.84. The topological polar surface area (TPSA) is 75.3 Å². The minimum atomic E-state index is -1.74. The van der Waals surface area contributed by atoms with Crippen molar-refractivity contribution in [3.05, 3.63) is 58.9 Å². The van der Waals surface area contributed by atoms with Crippen LogP contribution in [0.5, 0.6) is 5.75 Å². The van der Waals surface area contributed by atoms with E-state index in [1.54, 1.807) is 18.2 Å². The van der Waals surface area contributed by atoms with Gasteiger partial charge in [0.05, 0.1) is 5.56 Å². The van der Waals surface area contributed by atoms with Crippen molar-refractivity contribution in [2.24, 2.45) is 5.73 Å². The van der Waals surface area contributed by atoms with Gasteiger partial charge in [-0.15, -0.1) is 0 Å². The van der Waals surface area contributed by atoms with Crippen LogP contribution in [0.25, 0.3) is 0 Å². The summed E-state index contributed by atoms with van der Waals surface area (Å²) in [6.45, 7) is 0.127. The van der Waals surface area contributed by atoms with Gasteiger partial charge >= 0.3 is 0 Å². The van der Waals surface area contributed by atoms with Crippen molar-refractivity contribution in [2.75, 3.05) is 5.32 Å². The zero-order valence-electron chi connectivity index (χ0n) is 10.7. The molecule has 4 N–H and O–H groups in total. The van der Waals surface area contributed by atoms with Crippen molar-refractivity contribution in [2.45, 2.75) is 6.54 Å². The Kier molecular flexibility index (Phi) is 4.13. The second-order valence-electron chi connectivity index (χ2n) is 4.20. The van der Waals surface area contributed by atoms with Gasteiger partial charge in [-0.05, 0) is 17.7 Å². The minimum absolute atomic E-state index is 0.127. The van der Waals surface area contributed by atoms with Gasteiger partial charge in [-0.2, -0.15) is 4.39 Å². The maximum atomic E-state index is 13.6. The van der Waals surface area contributed by atoms with E-state index < -0.39 is 34.7 Å². The number of phenolic OH excluding ortho intramolecular Hbond substituents is 1. The van der Waals surface area contributed by atoms with E-state index in [4.69, 9.17) is 10.8 Å². The molecule has 21 heavy (non-hydrogen) atoms. The Labute approximate surface area is 118 Å². The zero-order chi connectivity index (χ0) is 15.6. The van der Waals surface area contributed by atoms with Crippen molar-refractivity contribution < 1.29 is 23.1 Å². The predicted octanol–water partition coefficient (Wildman–Crippen LogP) is 2.52. The summed E-state index contributed by atoms with van der Waals surface area (Å²) in [6, 6.07) is 6.87. The molecule has 4 nitrogen and oxygen atoms in total. The highest BCUT2D eigenvalue weighted by atomic mass is 19.2. The van der Waals surface area contributed by atoms with Gasteiger partial charge in [-0.3, -0.25) is 4.79 Å². The van der Waals surface area contributed by atoms with Crippen LogP contribution < -0.4 is 11.1 Å². The molecule has 0 unspecified atom stereocenters. The Hall–Kier alpha value is -2.54. The summed E-state index contributed by atoms with van der Waals surface area (Å²) in [6.07, 6.45) is 0. The largest absolute Gasteiger partial charge is 0.503 e. The fourth-order valence-electron chi connectivity index (χ4n) is 1.77. The number of para-hydroxylation sites is 1. The summed E-state index contributed by atoms with van der Waals surface area (Å²) in [4.78, 5) is 11.9. The van der Waals surface area contributed by atoms with Gasteiger partial charge in [0, 0.05) is 12.2 Å². The fraction of sp³-hybridized carbons (Fsp3) is 0.0714. The number of halogens is 3. The number of carbonyl (C=O) groups excluding carboxylic acids is 1. The molecule has 0 fully saturated rings. The van der Waals surface area contributed by atoms with Crippen LogP contribution in [0.2, 0.25) is 0 Å². The van der Waals surface area contributed by atoms with Crippen LogP contribution >= 0.6 is 0 Å². The number of hydrogen-bond donors (Lipinski definition) is 3. The number of hydrogen-bond acceptors (Lipinski definition) is 3. The molecule has 0 heterocycles. The lowest BCUT2D eigenvalue weighted by Crippen LogP contribution is -2.16. The summed E-state index contributed by atoms with van der Waals surface area (Å²) >= 11 is 0. The minimum Gasteiger partial charge on any atom is -0.503 e. The van der Waals surface area contributed by atoms with E-state index in [9.17, 15) is 18.0 Å². The highest BCUT2D eigenvalue weighted by Crippen LogP contribution is 2.26. The molecule has 2 aromatic rings. The average Bonchev–Trinajstić information content (AvgIpc) is 2.49. The first-order valence-corrected chi connectivity index (χ1v) is 5.91. The van der Waals surface area contributed by atoms with Gasteiger partial charge in [0.25, 0.3) is 5.91 Å². The third-order valence-electron chi connectivity index (χ3n) is 2.86. The van der Waals surface area contributed by atoms with Crippen LogP contribution in [0.4, 0.5) is 18.9 Å². The standard InChI is InChI=1S/C14H11F3N2O2/c15-9-5-8(11(16)13(20)12(9)17)14(21)19-10-4-2-1-3-7(10)6-18/h1-5,20H,6,18H2,(H,19,21). The maximum absolute atomic E-state index is 13.6. The van der Waals surface area contributed by atoms with Gasteiger partial charge in [-0.25, -0.2) is 8.78 Å². The van der Waals surface area contributed by atoms with E-state index in [1.807, 2.05) is 0 Å². The Balaban J connectivity index is 2.38. The SMILES string of the molecule is NCc1ccccc1NC(=O)c1cc(F)c(F)c(O)c1F. The van der Waals surface area contributed by atoms with Gasteiger partial charge < -0.3 is 16.2 Å². The number of rotatable bonds is 3. The quantitative estimate of drug-likeness (QED) is 0.762. The number of carbonyl (C=O) groups is 1. The first-order valence-electron chi connectivity index (χ1n) is 5.91. The van der Waals surface area contributed by atoms with Crippen LogP contribution in [0.3, 0.4) is 0 Å². The Morgan fingerprint density at radius 3 is 2.52 bits per heavy atom. The van der Waals surface area contributed by atoms with E-state index in [-0.39, 0.29) is 6.54 Å². The molecule has 0 aliphatic carbocycles. The predicted molar refractivity (Wildman–Crippen MR) is 70.3 cm³/mol. The van der Waals surface area contributed by atoms with Crippen LogP contribution in [-0.4, -0.2) is 11.0 Å². The van der Waals surface area contributed by atoms with Crippen molar-refractivity contribution >= 4 is 11.6 Å². The number of phenols is 1. The smallest absolute Gasteiger partial charge is 0.258 e. The van der Waals surface area contributed by atoms with Crippen molar-refractivity contribution in [3.8, 4) is 5.75 Å². The molecule has 0 aromatic heterocycles. The normalized spacial score (nSPS) is 10.5. The van der Waals surface area contributed by atoms with Gasteiger partial charge in [0.15, 0.2) is 17.4 Å². The fourth-order valence-corrected chi connectivity index (χ4v) is 1.77. The van der Waals surface area contributed by atoms with E-state index in [1.165, 1.54) is 6.07 Å². The van der Waals surface area contributed by atoms with Crippen LogP contribution in [0, 0.1) is 17.5 Å². The van der Waals surface area contributed by atoms with E-state index >= 15 is 0 Å². The molecule has 2 rings (SSSR count). The summed E-state index contributed by atoms with van der Waals surface area (Å²) in [5, 5.41) is 11.4. The molecule has 110 valence electrons. The molecular formula is C14H11F3N2O2. The van der Waals surface area contributed by atoms with E-state index in [0.29, 0.717) is 17.3 Å². The molecule has 0 aliphatic rings. The Morgan fingerprint density at radius 2 is 1.86 bits per heavy atom. The molecule has 7 heteroatoms. The average molecular weight is 296 g/mol. The van der Waals surface area contributed by atoms with Crippen molar-refractivity contribution in [3.63, 3.8) is 0 Å². The number of anilines is 1. The molecule has 0 spiro atoms. The molecule has 0 radical (unpaired) electrons. The van der Waals surface area contributed by atoms with E-state index in [2.05, 4.69) is 5.32 Å². The lowest BCUT2D eigenvalue weighted by molar-refractivity contribution is 0.102. The molecule has 0 saturated carbocycles. The third-order valence-corrected chi connectivity index (χ3v) is 2.86. The molecule has 0 saturated heterocycles. The molecule has 0 bridgehead atoms. The summed E-state index contributed by atoms with van der Waals surface area (Å²) in [7, 11) is 0. The Bertz CT molecular complexity index is 705. The molecule has 0 atom stereocenters. The number of aromatic hydroxyl groups is 1. The Morgan fingerprint density at radius 1 is 1.19 bits per heavy atom. The van der Waals surface area contributed by atoms with Crippen LogP contribution in [0.15, 0.2) is 30.3 Å². The van der Waals surface area contributed by atoms with Gasteiger partial charge in [0.1, 0.15) is 0 Å². The third kappa shape index (κ3) is 2.82. The number of nitrogens with one attached hydrogen (secondary N) is 1. The summed E-state index contributed by atoms with van der Waals surface area (Å²) in [5.41, 5.74) is 5.58. The number of benzene rings is 2. The summed E-state index contributed by atoms with van der Waals surface area (Å²) < 4.78 is 39.8. The van der Waals surface area contributed by atoms with Gasteiger partial charge in [-0.1, -0.05) is 18.2 Å². The first-order chi connectivity index (χ1) is 9.95. The second-order valence-corrected chi connectivity index (χ2v) is 4.20. The number of amides is 1. The van der Waals surface area contributed by atoms with Gasteiger partial charge in [0.2, 0.25) is 5.82 Å². The van der Waals surface area contributed by atoms with Crippen LogP contribution in [0.1, 0.15) is 15.9 Å². The lowest BCUT2D eigenvalue weighted by atomic mass is 10.1. The zero-order valence-corrected chi connectivity index (χ0v) is 10.7. The molecule has 1 amide bonds. The molecular weight excluding hydrogens is 285 g/mol. The molecule has 2 aromatic carbocycles. The highest BCUT2D eigenvalue weighted by Gasteiger charge is 2.22. The monoisotopic (exact) mass is 296 g/mol.